The maximum Gasteiger partial charge on any atom is 0.228 e. The van der Waals surface area contributed by atoms with Crippen molar-refractivity contribution in [3.05, 3.63) is 120 Å². The first-order chi connectivity index (χ1) is 25.1. The van der Waals surface area contributed by atoms with Crippen LogP contribution in [0.15, 0.2) is 103 Å². The fourth-order valence-electron chi connectivity index (χ4n) is 7.66. The minimum Gasteiger partial charge on any atom is -0.497 e. The van der Waals surface area contributed by atoms with Crippen molar-refractivity contribution in [2.45, 2.75) is 57.2 Å². The molecule has 1 aliphatic rings. The van der Waals surface area contributed by atoms with Gasteiger partial charge in [-0.3, -0.25) is 9.59 Å². The molecule has 0 fully saturated rings. The van der Waals surface area contributed by atoms with E-state index in [1.165, 1.54) is 5.19 Å². The van der Waals surface area contributed by atoms with Gasteiger partial charge >= 0.3 is 0 Å². The molecule has 3 N–H and O–H groups in total. The molecule has 4 atom stereocenters. The predicted octanol–water partition coefficient (Wildman–Crippen LogP) is 6.84. The molecule has 9 nitrogen and oxygen atoms in total. The number of methoxy groups -OCH3 is 2. The molecule has 0 bridgehead atoms. The zero-order chi connectivity index (χ0) is 36.8. The average Bonchev–Trinajstić information content (AvgIpc) is 3.56. The highest BCUT2D eigenvalue weighted by Crippen LogP contribution is 2.48. The Bertz CT molecular complexity index is 1980. The number of aliphatic hydroxyl groups is 1. The van der Waals surface area contributed by atoms with Crippen molar-refractivity contribution in [3.63, 3.8) is 0 Å². The first-order valence-corrected chi connectivity index (χ1v) is 21.0. The van der Waals surface area contributed by atoms with Gasteiger partial charge in [-0.15, -0.1) is 0 Å². The minimum absolute atomic E-state index is 0.0270. The summed E-state index contributed by atoms with van der Waals surface area (Å²) < 4.78 is 18.6. The molecule has 0 radical (unpaired) electrons. The van der Waals surface area contributed by atoms with Gasteiger partial charge in [0.2, 0.25) is 11.8 Å². The normalized spacial score (nSPS) is 17.5. The molecule has 0 saturated heterocycles. The van der Waals surface area contributed by atoms with Crippen LogP contribution in [0, 0.1) is 5.92 Å². The first-order valence-electron chi connectivity index (χ1n) is 17.9. The lowest BCUT2D eigenvalue weighted by Gasteiger charge is -2.46. The van der Waals surface area contributed by atoms with Crippen molar-refractivity contribution in [2.24, 2.45) is 5.92 Å². The summed E-state index contributed by atoms with van der Waals surface area (Å²) in [6.07, 6.45) is 1.69. The number of carbonyl (C=O) groups is 2. The van der Waals surface area contributed by atoms with Gasteiger partial charge in [0.05, 0.1) is 34.3 Å². The van der Waals surface area contributed by atoms with Crippen LogP contribution in [0.2, 0.25) is 18.6 Å². The second-order valence-electron chi connectivity index (χ2n) is 14.2. The summed E-state index contributed by atoms with van der Waals surface area (Å²) in [7, 11) is 0.903. The lowest BCUT2D eigenvalue weighted by atomic mass is 9.86. The highest BCUT2D eigenvalue weighted by atomic mass is 28.3. The quantitative estimate of drug-likeness (QED) is 0.108. The largest absolute Gasteiger partial charge is 0.497 e. The molecule has 0 saturated carbocycles. The number of amides is 2. The van der Waals surface area contributed by atoms with E-state index in [0.717, 1.165) is 33.3 Å². The van der Waals surface area contributed by atoms with E-state index in [1.54, 1.807) is 19.1 Å². The Morgan fingerprint density at radius 3 is 2.42 bits per heavy atom. The smallest absolute Gasteiger partial charge is 0.228 e. The third kappa shape index (κ3) is 7.94. The van der Waals surface area contributed by atoms with Gasteiger partial charge in [0, 0.05) is 66.4 Å². The number of aliphatic hydroxyl groups excluding tert-OH is 1. The van der Waals surface area contributed by atoms with Gasteiger partial charge in [0.1, 0.15) is 17.6 Å². The van der Waals surface area contributed by atoms with E-state index in [4.69, 9.17) is 14.2 Å². The molecule has 6 rings (SSSR count). The lowest BCUT2D eigenvalue weighted by molar-refractivity contribution is -0.133. The van der Waals surface area contributed by atoms with E-state index in [1.807, 2.05) is 91.1 Å². The Labute approximate surface area is 306 Å². The predicted molar refractivity (Wildman–Crippen MR) is 208 cm³/mol. The zero-order valence-corrected chi connectivity index (χ0v) is 31.6. The van der Waals surface area contributed by atoms with Crippen molar-refractivity contribution in [3.8, 4) is 11.5 Å². The molecule has 272 valence electrons. The van der Waals surface area contributed by atoms with E-state index < -0.39 is 8.07 Å². The Morgan fingerprint density at radius 1 is 0.981 bits per heavy atom. The van der Waals surface area contributed by atoms with Crippen molar-refractivity contribution in [1.29, 1.82) is 0 Å². The second-order valence-corrected chi connectivity index (χ2v) is 19.0. The number of fused-ring (bicyclic) bond motifs is 2. The summed E-state index contributed by atoms with van der Waals surface area (Å²) in [5.74, 6) is 1.19. The summed E-state index contributed by atoms with van der Waals surface area (Å²) in [4.78, 5) is 32.5. The van der Waals surface area contributed by atoms with Crippen LogP contribution < -0.4 is 20.0 Å². The number of rotatable bonds is 14. The second kappa shape index (κ2) is 16.2. The van der Waals surface area contributed by atoms with Crippen molar-refractivity contribution in [1.82, 2.24) is 9.88 Å². The number of aromatic nitrogens is 1. The standard InChI is InChI=1S/C42H49N3O6Si/c1-28-41(50-3)35-24-31(44-39(47)23-30-26-43-36-14-10-9-13-34(30)36)15-20-37(35)51-42(28)38(52(4,5)33-18-16-32(49-2)17-19-33)25-40(48)45(21-22-46)27-29-11-7-6-8-12-29/h6-20,24,26,28,38,41-43,46H,21-23,25,27H2,1-5H3,(H,44,47)/t28-,38?,41-,42-/m1/s1. The topological polar surface area (TPSA) is 113 Å². The van der Waals surface area contributed by atoms with E-state index >= 15 is 0 Å². The van der Waals surface area contributed by atoms with Crippen LogP contribution in [0.3, 0.4) is 0 Å². The highest BCUT2D eigenvalue weighted by molar-refractivity contribution is 6.91. The van der Waals surface area contributed by atoms with Gasteiger partial charge < -0.3 is 34.5 Å². The number of carbonyl (C=O) groups excluding carboxylic acids is 2. The van der Waals surface area contributed by atoms with Crippen LogP contribution >= 0.6 is 0 Å². The van der Waals surface area contributed by atoms with E-state index in [9.17, 15) is 14.7 Å². The molecular formula is C42H49N3O6Si. The molecule has 2 heterocycles. The van der Waals surface area contributed by atoms with Gasteiger partial charge in [-0.2, -0.15) is 0 Å². The summed E-state index contributed by atoms with van der Waals surface area (Å²) in [6.45, 7) is 7.23. The monoisotopic (exact) mass is 719 g/mol. The number of benzene rings is 4. The maximum atomic E-state index is 14.3. The number of para-hydroxylation sites is 1. The van der Waals surface area contributed by atoms with Crippen LogP contribution in [-0.4, -0.2) is 68.4 Å². The summed E-state index contributed by atoms with van der Waals surface area (Å²) in [6, 6.07) is 31.7. The number of ether oxygens (including phenoxy) is 3. The number of hydrogen-bond acceptors (Lipinski definition) is 6. The Kier molecular flexibility index (Phi) is 11.5. The number of nitrogens with one attached hydrogen (secondary N) is 2. The van der Waals surface area contributed by atoms with Crippen LogP contribution in [-0.2, 0) is 27.3 Å². The Hall–Kier alpha value is -4.90. The van der Waals surface area contributed by atoms with E-state index in [-0.39, 0.29) is 61.5 Å². The summed E-state index contributed by atoms with van der Waals surface area (Å²) in [5.41, 5.74) is 4.31. The summed E-state index contributed by atoms with van der Waals surface area (Å²) in [5, 5.41) is 15.3. The van der Waals surface area contributed by atoms with Gasteiger partial charge in [0.15, 0.2) is 0 Å². The lowest BCUT2D eigenvalue weighted by Crippen LogP contribution is -2.55. The SMILES string of the molecule is COc1ccc([Si](C)(C)C(CC(=O)N(CCO)Cc2ccccc2)[C@@H]2Oc3ccc(NC(=O)Cc4c[nH]c5ccccc45)cc3[C@H](OC)[C@H]2C)cc1. The first kappa shape index (κ1) is 36.9. The van der Waals surface area contributed by atoms with E-state index in [2.05, 4.69) is 42.5 Å². The molecular weight excluding hydrogens is 671 g/mol. The van der Waals surface area contributed by atoms with Gasteiger partial charge in [-0.05, 0) is 47.5 Å². The van der Waals surface area contributed by atoms with Crippen molar-refractivity contribution in [2.75, 3.05) is 32.7 Å². The number of hydrogen-bond donors (Lipinski definition) is 3. The molecule has 0 spiro atoms. The Balaban J connectivity index is 1.28. The van der Waals surface area contributed by atoms with Gasteiger partial charge in [-0.25, -0.2) is 0 Å². The van der Waals surface area contributed by atoms with Crippen molar-refractivity contribution >= 4 is 41.7 Å². The third-order valence-electron chi connectivity index (χ3n) is 10.6. The summed E-state index contributed by atoms with van der Waals surface area (Å²) >= 11 is 0. The molecule has 0 aliphatic carbocycles. The number of nitrogens with zero attached hydrogens (tertiary/aromatic N) is 1. The fourth-order valence-corrected chi connectivity index (χ4v) is 11.0. The minimum atomic E-state index is -2.45. The van der Waals surface area contributed by atoms with Gasteiger partial charge in [-0.1, -0.05) is 85.9 Å². The molecule has 4 aromatic carbocycles. The Morgan fingerprint density at radius 2 is 1.71 bits per heavy atom. The van der Waals surface area contributed by atoms with Crippen LogP contribution in [0.1, 0.15) is 36.1 Å². The number of aromatic amines is 1. The number of H-pyrrole nitrogens is 1. The average molecular weight is 720 g/mol. The van der Waals surface area contributed by atoms with Crippen LogP contribution in [0.25, 0.3) is 10.9 Å². The molecule has 1 aliphatic heterocycles. The maximum absolute atomic E-state index is 14.3. The number of anilines is 1. The molecule has 2 amide bonds. The molecule has 52 heavy (non-hydrogen) atoms. The molecule has 1 aromatic heterocycles. The van der Waals surface area contributed by atoms with Crippen molar-refractivity contribution < 1.29 is 28.9 Å². The van der Waals surface area contributed by atoms with Crippen LogP contribution in [0.4, 0.5) is 5.69 Å². The highest BCUT2D eigenvalue weighted by Gasteiger charge is 2.48. The fraction of sp³-hybridized carbons (Fsp3) is 0.333. The molecule has 10 heteroatoms. The van der Waals surface area contributed by atoms with E-state index in [0.29, 0.717) is 18.0 Å². The molecule has 1 unspecified atom stereocenters. The zero-order valence-electron chi connectivity index (χ0n) is 30.6. The third-order valence-corrected chi connectivity index (χ3v) is 14.8. The van der Waals surface area contributed by atoms with Crippen LogP contribution in [0.5, 0.6) is 11.5 Å². The molecule has 5 aromatic rings. The van der Waals surface area contributed by atoms with Gasteiger partial charge in [0.25, 0.3) is 0 Å².